The van der Waals surface area contributed by atoms with E-state index < -0.39 is 0 Å². The topological polar surface area (TPSA) is 24.5 Å². The zero-order valence-electron chi connectivity index (χ0n) is 8.62. The zero-order valence-corrected chi connectivity index (χ0v) is 8.62. The number of morpholine rings is 1. The van der Waals surface area contributed by atoms with Gasteiger partial charge >= 0.3 is 0 Å². The predicted molar refractivity (Wildman–Crippen MR) is 52.9 cm³/mol. The van der Waals surface area contributed by atoms with Gasteiger partial charge in [-0.05, 0) is 26.4 Å². The predicted octanol–water partition coefficient (Wildman–Crippen LogP) is 0.458. The lowest BCUT2D eigenvalue weighted by atomic mass is 9.91. The van der Waals surface area contributed by atoms with Crippen molar-refractivity contribution < 1.29 is 4.74 Å². The normalized spacial score (nSPS) is 40.6. The highest BCUT2D eigenvalue weighted by molar-refractivity contribution is 4.92. The highest BCUT2D eigenvalue weighted by Gasteiger charge is 2.36. The Morgan fingerprint density at radius 2 is 1.92 bits per heavy atom. The van der Waals surface area contributed by atoms with E-state index in [0.29, 0.717) is 12.1 Å². The van der Waals surface area contributed by atoms with Gasteiger partial charge in [0.05, 0.1) is 13.2 Å². The third kappa shape index (κ3) is 1.87. The van der Waals surface area contributed by atoms with Crippen LogP contribution in [-0.2, 0) is 4.74 Å². The first kappa shape index (κ1) is 9.44. The molecule has 2 saturated heterocycles. The van der Waals surface area contributed by atoms with Crippen molar-refractivity contribution in [2.45, 2.75) is 37.9 Å². The first-order valence-electron chi connectivity index (χ1n) is 5.34. The molecule has 0 aromatic rings. The molecule has 2 rings (SSSR count). The summed E-state index contributed by atoms with van der Waals surface area (Å²) in [5.41, 5.74) is 0. The monoisotopic (exact) mass is 184 g/mol. The number of ether oxygens (including phenoxy) is 1. The van der Waals surface area contributed by atoms with Crippen molar-refractivity contribution in [2.24, 2.45) is 0 Å². The van der Waals surface area contributed by atoms with Crippen molar-refractivity contribution in [1.82, 2.24) is 10.2 Å². The van der Waals surface area contributed by atoms with Gasteiger partial charge in [0.25, 0.3) is 0 Å². The summed E-state index contributed by atoms with van der Waals surface area (Å²) in [6.45, 7) is 5.13. The summed E-state index contributed by atoms with van der Waals surface area (Å²) >= 11 is 0. The van der Waals surface area contributed by atoms with Gasteiger partial charge in [0.1, 0.15) is 0 Å². The van der Waals surface area contributed by atoms with Crippen LogP contribution in [0.5, 0.6) is 0 Å². The number of hydrogen-bond donors (Lipinski definition) is 1. The molecule has 0 radical (unpaired) electrons. The number of rotatable bonds is 2. The molecule has 2 unspecified atom stereocenters. The molecule has 2 heterocycles. The van der Waals surface area contributed by atoms with E-state index in [9.17, 15) is 0 Å². The van der Waals surface area contributed by atoms with Gasteiger partial charge in [0.15, 0.2) is 0 Å². The lowest BCUT2D eigenvalue weighted by molar-refractivity contribution is -0.0677. The summed E-state index contributed by atoms with van der Waals surface area (Å²) in [7, 11) is 2.24. The summed E-state index contributed by atoms with van der Waals surface area (Å²) < 4.78 is 5.56. The van der Waals surface area contributed by atoms with Crippen molar-refractivity contribution in [3.05, 3.63) is 0 Å². The third-order valence-corrected chi connectivity index (χ3v) is 3.38. The number of piperidine rings is 1. The Bertz CT molecular complexity index is 160. The lowest BCUT2D eigenvalue weighted by Gasteiger charge is -2.46. The first-order valence-corrected chi connectivity index (χ1v) is 5.34. The Kier molecular flexibility index (Phi) is 2.86. The van der Waals surface area contributed by atoms with Gasteiger partial charge in [-0.2, -0.15) is 0 Å². The molecule has 2 fully saturated rings. The molecule has 2 aliphatic heterocycles. The van der Waals surface area contributed by atoms with E-state index in [1.54, 1.807) is 0 Å². The van der Waals surface area contributed by atoms with Crippen LogP contribution in [-0.4, -0.2) is 49.8 Å². The van der Waals surface area contributed by atoms with Gasteiger partial charge in [0, 0.05) is 18.1 Å². The van der Waals surface area contributed by atoms with E-state index in [1.165, 1.54) is 12.8 Å². The number of likely N-dealkylation sites (N-methyl/N-ethyl adjacent to an activating group) is 1. The van der Waals surface area contributed by atoms with Crippen LogP contribution in [0.4, 0.5) is 0 Å². The van der Waals surface area contributed by atoms with Crippen LogP contribution in [0.2, 0.25) is 0 Å². The minimum absolute atomic E-state index is 0.650. The standard InChI is InChI=1S/C10H20N2O/c1-3-11-8-4-9-6-13-7-10(5-8)12(9)2/h8-11H,3-7H2,1-2H3. The van der Waals surface area contributed by atoms with E-state index in [0.717, 1.165) is 25.8 Å². The molecule has 0 spiro atoms. The average molecular weight is 184 g/mol. The van der Waals surface area contributed by atoms with E-state index in [2.05, 4.69) is 24.2 Å². The summed E-state index contributed by atoms with van der Waals surface area (Å²) in [4.78, 5) is 2.50. The second-order valence-electron chi connectivity index (χ2n) is 4.24. The fraction of sp³-hybridized carbons (Fsp3) is 1.00. The minimum atomic E-state index is 0.650. The smallest absolute Gasteiger partial charge is 0.0623 e. The molecule has 3 heteroatoms. The molecule has 0 saturated carbocycles. The molecule has 76 valence electrons. The van der Waals surface area contributed by atoms with Crippen LogP contribution < -0.4 is 5.32 Å². The van der Waals surface area contributed by atoms with E-state index in [4.69, 9.17) is 4.74 Å². The van der Waals surface area contributed by atoms with Crippen LogP contribution in [0.25, 0.3) is 0 Å². The summed E-state index contributed by atoms with van der Waals surface area (Å²) in [6.07, 6.45) is 2.50. The second-order valence-corrected chi connectivity index (χ2v) is 4.24. The molecule has 3 nitrogen and oxygen atoms in total. The molecule has 0 aromatic carbocycles. The number of fused-ring (bicyclic) bond motifs is 2. The maximum absolute atomic E-state index is 5.56. The van der Waals surface area contributed by atoms with Crippen molar-refractivity contribution in [2.75, 3.05) is 26.8 Å². The van der Waals surface area contributed by atoms with Crippen molar-refractivity contribution in [1.29, 1.82) is 0 Å². The van der Waals surface area contributed by atoms with Crippen LogP contribution in [0.15, 0.2) is 0 Å². The maximum atomic E-state index is 5.56. The summed E-state index contributed by atoms with van der Waals surface area (Å²) in [5.74, 6) is 0. The molecule has 2 atom stereocenters. The third-order valence-electron chi connectivity index (χ3n) is 3.38. The minimum Gasteiger partial charge on any atom is -0.378 e. The van der Waals surface area contributed by atoms with E-state index >= 15 is 0 Å². The van der Waals surface area contributed by atoms with Crippen LogP contribution in [0, 0.1) is 0 Å². The van der Waals surface area contributed by atoms with E-state index in [-0.39, 0.29) is 0 Å². The molecular weight excluding hydrogens is 164 g/mol. The molecule has 0 amide bonds. The molecule has 2 aliphatic rings. The van der Waals surface area contributed by atoms with Crippen molar-refractivity contribution in [3.8, 4) is 0 Å². The summed E-state index contributed by atoms with van der Waals surface area (Å²) in [5, 5.41) is 3.55. The zero-order chi connectivity index (χ0) is 9.26. The Morgan fingerprint density at radius 3 is 2.46 bits per heavy atom. The molecule has 0 aliphatic carbocycles. The fourth-order valence-corrected chi connectivity index (χ4v) is 2.55. The second kappa shape index (κ2) is 3.95. The molecule has 1 N–H and O–H groups in total. The molecular formula is C10H20N2O. The average Bonchev–Trinajstić information content (AvgIpc) is 2.07. The van der Waals surface area contributed by atoms with Crippen LogP contribution in [0.1, 0.15) is 19.8 Å². The molecule has 13 heavy (non-hydrogen) atoms. The maximum Gasteiger partial charge on any atom is 0.0623 e. The Labute approximate surface area is 80.4 Å². The van der Waals surface area contributed by atoms with Crippen molar-refractivity contribution in [3.63, 3.8) is 0 Å². The lowest BCUT2D eigenvalue weighted by Crippen LogP contribution is -2.58. The quantitative estimate of drug-likeness (QED) is 0.674. The van der Waals surface area contributed by atoms with Gasteiger partial charge in [0.2, 0.25) is 0 Å². The van der Waals surface area contributed by atoms with E-state index in [1.807, 2.05) is 0 Å². The summed E-state index contributed by atoms with van der Waals surface area (Å²) in [6, 6.07) is 2.02. The first-order chi connectivity index (χ1) is 6.31. The van der Waals surface area contributed by atoms with Crippen LogP contribution in [0.3, 0.4) is 0 Å². The largest absolute Gasteiger partial charge is 0.378 e. The van der Waals surface area contributed by atoms with Gasteiger partial charge < -0.3 is 10.1 Å². The molecule has 0 aromatic heterocycles. The van der Waals surface area contributed by atoms with Gasteiger partial charge in [-0.25, -0.2) is 0 Å². The Balaban J connectivity index is 1.95. The Hall–Kier alpha value is -0.120. The number of nitrogens with one attached hydrogen (secondary N) is 1. The fourth-order valence-electron chi connectivity index (χ4n) is 2.55. The highest BCUT2D eigenvalue weighted by Crippen LogP contribution is 2.25. The molecule has 2 bridgehead atoms. The van der Waals surface area contributed by atoms with Crippen LogP contribution >= 0.6 is 0 Å². The highest BCUT2D eigenvalue weighted by atomic mass is 16.5. The van der Waals surface area contributed by atoms with Crippen molar-refractivity contribution >= 4 is 0 Å². The van der Waals surface area contributed by atoms with Gasteiger partial charge in [-0.3, -0.25) is 4.90 Å². The SMILES string of the molecule is CCNC1CC2COCC(C1)N2C. The van der Waals surface area contributed by atoms with Gasteiger partial charge in [-0.1, -0.05) is 6.92 Å². The Morgan fingerprint density at radius 1 is 1.31 bits per heavy atom. The number of hydrogen-bond acceptors (Lipinski definition) is 3. The van der Waals surface area contributed by atoms with Gasteiger partial charge in [-0.15, -0.1) is 0 Å². The number of nitrogens with zero attached hydrogens (tertiary/aromatic N) is 1.